The molecule has 6 heteroatoms. The zero-order valence-corrected chi connectivity index (χ0v) is 12.9. The van der Waals surface area contributed by atoms with Gasteiger partial charge in [-0.3, -0.25) is 9.59 Å². The molecule has 0 bridgehead atoms. The summed E-state index contributed by atoms with van der Waals surface area (Å²) in [5, 5.41) is 9.04. The number of benzene rings is 1. The van der Waals surface area contributed by atoms with Crippen LogP contribution in [0.1, 0.15) is 25.3 Å². The summed E-state index contributed by atoms with van der Waals surface area (Å²) in [6.45, 7) is 3.13. The van der Waals surface area contributed by atoms with Gasteiger partial charge >= 0.3 is 5.97 Å². The molecule has 1 amide bonds. The van der Waals surface area contributed by atoms with Crippen molar-refractivity contribution in [2.24, 2.45) is 5.92 Å². The third-order valence-corrected chi connectivity index (χ3v) is 3.66. The number of carbonyl (C=O) groups is 2. The van der Waals surface area contributed by atoms with Crippen LogP contribution in [0.3, 0.4) is 0 Å². The highest BCUT2D eigenvalue weighted by molar-refractivity contribution is 5.86. The molecule has 0 spiro atoms. The fraction of sp³-hybridized carbons (Fsp3) is 0.500. The van der Waals surface area contributed by atoms with E-state index in [2.05, 4.69) is 0 Å². The van der Waals surface area contributed by atoms with Crippen LogP contribution in [0.2, 0.25) is 0 Å². The maximum atomic E-state index is 12.0. The van der Waals surface area contributed by atoms with Crippen LogP contribution in [0.5, 0.6) is 11.5 Å². The molecule has 0 aliphatic carbocycles. The fourth-order valence-electron chi connectivity index (χ4n) is 2.51. The second-order valence-electron chi connectivity index (χ2n) is 5.31. The molecule has 0 saturated carbocycles. The molecule has 1 fully saturated rings. The lowest BCUT2D eigenvalue weighted by molar-refractivity contribution is -0.141. The van der Waals surface area contributed by atoms with Crippen molar-refractivity contribution in [1.82, 2.24) is 4.90 Å². The monoisotopic (exact) mass is 307 g/mol. The van der Waals surface area contributed by atoms with Gasteiger partial charge in [-0.05, 0) is 12.5 Å². The third kappa shape index (κ3) is 3.50. The summed E-state index contributed by atoms with van der Waals surface area (Å²) in [6, 6.07) is 5.51. The summed E-state index contributed by atoms with van der Waals surface area (Å²) in [4.78, 5) is 24.6. The molecule has 6 nitrogen and oxygen atoms in total. The Balaban J connectivity index is 2.18. The normalized spacial score (nSPS) is 17.6. The van der Waals surface area contributed by atoms with Crippen LogP contribution >= 0.6 is 0 Å². The van der Waals surface area contributed by atoms with Gasteiger partial charge in [0.1, 0.15) is 0 Å². The molecule has 120 valence electrons. The van der Waals surface area contributed by atoms with E-state index >= 15 is 0 Å². The summed E-state index contributed by atoms with van der Waals surface area (Å²) >= 11 is 0. The Morgan fingerprint density at radius 2 is 2.23 bits per heavy atom. The number of methoxy groups -OCH3 is 1. The van der Waals surface area contributed by atoms with E-state index in [1.807, 2.05) is 19.1 Å². The number of para-hydroxylation sites is 1. The number of amides is 1. The van der Waals surface area contributed by atoms with Crippen LogP contribution in [-0.2, 0) is 16.1 Å². The highest BCUT2D eigenvalue weighted by Crippen LogP contribution is 2.33. The number of ether oxygens (including phenoxy) is 2. The molecule has 1 aromatic rings. The van der Waals surface area contributed by atoms with Crippen molar-refractivity contribution in [1.29, 1.82) is 0 Å². The third-order valence-electron chi connectivity index (χ3n) is 3.66. The average Bonchev–Trinajstić information content (AvgIpc) is 2.87. The van der Waals surface area contributed by atoms with Crippen LogP contribution in [0.15, 0.2) is 18.2 Å². The van der Waals surface area contributed by atoms with Crippen molar-refractivity contribution < 1.29 is 24.2 Å². The second-order valence-corrected chi connectivity index (χ2v) is 5.31. The van der Waals surface area contributed by atoms with Gasteiger partial charge in [0.15, 0.2) is 11.5 Å². The summed E-state index contributed by atoms with van der Waals surface area (Å²) in [5.41, 5.74) is 0.826. The number of likely N-dealkylation sites (tertiary alicyclic amines) is 1. The minimum absolute atomic E-state index is 0.0600. The lowest BCUT2D eigenvalue weighted by atomic mass is 10.1. The molecule has 1 N–H and O–H groups in total. The Morgan fingerprint density at radius 3 is 2.82 bits per heavy atom. The summed E-state index contributed by atoms with van der Waals surface area (Å²) in [5.74, 6) is -0.454. The summed E-state index contributed by atoms with van der Waals surface area (Å²) < 4.78 is 11.1. The number of nitrogens with zero attached hydrogens (tertiary/aromatic N) is 1. The van der Waals surface area contributed by atoms with E-state index in [9.17, 15) is 9.59 Å². The zero-order chi connectivity index (χ0) is 16.1. The molecule has 1 heterocycles. The number of carboxylic acids is 1. The number of hydrogen-bond donors (Lipinski definition) is 1. The smallest absolute Gasteiger partial charge is 0.308 e. The Morgan fingerprint density at radius 1 is 1.45 bits per heavy atom. The first kappa shape index (κ1) is 16.1. The number of carbonyl (C=O) groups excluding carboxylic acids is 1. The Kier molecular flexibility index (Phi) is 5.25. The van der Waals surface area contributed by atoms with E-state index in [0.717, 1.165) is 12.0 Å². The quantitative estimate of drug-likeness (QED) is 0.833. The van der Waals surface area contributed by atoms with Crippen molar-refractivity contribution in [3.63, 3.8) is 0 Å². The van der Waals surface area contributed by atoms with Crippen molar-refractivity contribution >= 4 is 11.9 Å². The number of rotatable bonds is 7. The Hall–Kier alpha value is -2.24. The van der Waals surface area contributed by atoms with Gasteiger partial charge in [-0.1, -0.05) is 19.1 Å². The van der Waals surface area contributed by atoms with Gasteiger partial charge in [0.2, 0.25) is 5.91 Å². The Labute approximate surface area is 129 Å². The molecule has 1 unspecified atom stereocenters. The minimum Gasteiger partial charge on any atom is -0.493 e. The van der Waals surface area contributed by atoms with Crippen LogP contribution in [0.25, 0.3) is 0 Å². The van der Waals surface area contributed by atoms with E-state index in [0.29, 0.717) is 24.7 Å². The van der Waals surface area contributed by atoms with Gasteiger partial charge in [-0.2, -0.15) is 0 Å². The predicted molar refractivity (Wildman–Crippen MR) is 79.9 cm³/mol. The van der Waals surface area contributed by atoms with Crippen molar-refractivity contribution in [3.05, 3.63) is 23.8 Å². The SMILES string of the molecule is CCCOc1c(CN2CC(C(=O)O)CC2=O)cccc1OC. The van der Waals surface area contributed by atoms with Crippen molar-refractivity contribution in [2.75, 3.05) is 20.3 Å². The van der Waals surface area contributed by atoms with Crippen LogP contribution < -0.4 is 9.47 Å². The van der Waals surface area contributed by atoms with Gasteiger partial charge in [-0.25, -0.2) is 0 Å². The van der Waals surface area contributed by atoms with Crippen LogP contribution in [0, 0.1) is 5.92 Å². The highest BCUT2D eigenvalue weighted by atomic mass is 16.5. The molecule has 1 aliphatic heterocycles. The number of carboxylic acid groups (broad SMARTS) is 1. The molecule has 0 radical (unpaired) electrons. The molecule has 1 saturated heterocycles. The average molecular weight is 307 g/mol. The van der Waals surface area contributed by atoms with Gasteiger partial charge in [0.05, 0.1) is 19.6 Å². The zero-order valence-electron chi connectivity index (χ0n) is 12.9. The van der Waals surface area contributed by atoms with Gasteiger partial charge in [-0.15, -0.1) is 0 Å². The molecule has 1 aromatic carbocycles. The Bertz CT molecular complexity index is 557. The largest absolute Gasteiger partial charge is 0.493 e. The van der Waals surface area contributed by atoms with Crippen molar-refractivity contribution in [3.8, 4) is 11.5 Å². The lowest BCUT2D eigenvalue weighted by Crippen LogP contribution is -2.26. The first-order chi connectivity index (χ1) is 10.6. The molecular weight excluding hydrogens is 286 g/mol. The number of aliphatic carboxylic acids is 1. The first-order valence-corrected chi connectivity index (χ1v) is 7.36. The fourth-order valence-corrected chi connectivity index (χ4v) is 2.51. The molecule has 0 aromatic heterocycles. The molecule has 1 aliphatic rings. The van der Waals surface area contributed by atoms with E-state index in [4.69, 9.17) is 14.6 Å². The lowest BCUT2D eigenvalue weighted by Gasteiger charge is -2.20. The summed E-state index contributed by atoms with van der Waals surface area (Å²) in [7, 11) is 1.57. The van der Waals surface area contributed by atoms with E-state index in [1.165, 1.54) is 0 Å². The predicted octanol–water partition coefficient (Wildman–Crippen LogP) is 1.92. The molecule has 1 atom stereocenters. The number of hydrogen-bond acceptors (Lipinski definition) is 4. The van der Waals surface area contributed by atoms with Crippen molar-refractivity contribution in [2.45, 2.75) is 26.3 Å². The molecular formula is C16H21NO5. The summed E-state index contributed by atoms with van der Waals surface area (Å²) in [6.07, 6.45) is 0.922. The maximum absolute atomic E-state index is 12.0. The van der Waals surface area contributed by atoms with Gasteiger partial charge in [0.25, 0.3) is 0 Å². The van der Waals surface area contributed by atoms with E-state index < -0.39 is 11.9 Å². The topological polar surface area (TPSA) is 76.1 Å². The van der Waals surface area contributed by atoms with E-state index in [-0.39, 0.29) is 18.9 Å². The second kappa shape index (κ2) is 7.15. The maximum Gasteiger partial charge on any atom is 0.308 e. The van der Waals surface area contributed by atoms with Crippen LogP contribution in [0.4, 0.5) is 0 Å². The highest BCUT2D eigenvalue weighted by Gasteiger charge is 2.34. The molecule has 22 heavy (non-hydrogen) atoms. The minimum atomic E-state index is -0.927. The molecule has 2 rings (SSSR count). The standard InChI is InChI=1S/C16H21NO5/c1-3-7-22-15-11(5-4-6-13(15)21-2)9-17-10-12(16(19)20)8-14(17)18/h4-6,12H,3,7-10H2,1-2H3,(H,19,20). The van der Waals surface area contributed by atoms with Crippen LogP contribution in [-0.4, -0.2) is 42.1 Å². The van der Waals surface area contributed by atoms with Gasteiger partial charge in [0, 0.05) is 25.1 Å². The van der Waals surface area contributed by atoms with Gasteiger partial charge < -0.3 is 19.5 Å². The first-order valence-electron chi connectivity index (χ1n) is 7.36. The van der Waals surface area contributed by atoms with E-state index in [1.54, 1.807) is 18.1 Å².